The molecule has 0 aliphatic heterocycles. The number of aryl methyl sites for hydroxylation is 1. The Morgan fingerprint density at radius 2 is 1.63 bits per heavy atom. The standard InChI is InChI=1S/C22H14BrN5O2/c1-13-12-16(10-11-17(13)23)27-21(14-6-8-15(9-7-14)28(29)30)26-20-22(27)25-19-5-3-2-4-18(19)24-20/h2-12H,1H3. The van der Waals surface area contributed by atoms with E-state index < -0.39 is 4.92 Å². The van der Waals surface area contributed by atoms with E-state index in [2.05, 4.69) is 20.9 Å². The van der Waals surface area contributed by atoms with Crippen molar-refractivity contribution in [2.75, 3.05) is 0 Å². The summed E-state index contributed by atoms with van der Waals surface area (Å²) in [6.45, 7) is 2.01. The first-order valence-electron chi connectivity index (χ1n) is 9.18. The molecule has 146 valence electrons. The summed E-state index contributed by atoms with van der Waals surface area (Å²) in [6, 6.07) is 20.0. The SMILES string of the molecule is Cc1cc(-n2c(-c3ccc([N+](=O)[O-])cc3)nc3nc4ccccc4nc32)ccc1Br. The van der Waals surface area contributed by atoms with Crippen LogP contribution in [0.15, 0.2) is 71.2 Å². The summed E-state index contributed by atoms with van der Waals surface area (Å²) < 4.78 is 2.94. The van der Waals surface area contributed by atoms with Gasteiger partial charge in [0.2, 0.25) is 0 Å². The number of hydrogen-bond donors (Lipinski definition) is 0. The molecular weight excluding hydrogens is 446 g/mol. The number of halogens is 1. The van der Waals surface area contributed by atoms with Gasteiger partial charge in [-0.1, -0.05) is 28.1 Å². The predicted octanol–water partition coefficient (Wildman–Crippen LogP) is 5.61. The van der Waals surface area contributed by atoms with E-state index in [9.17, 15) is 10.1 Å². The molecule has 2 aromatic heterocycles. The van der Waals surface area contributed by atoms with Gasteiger partial charge < -0.3 is 0 Å². The molecule has 5 aromatic rings. The monoisotopic (exact) mass is 459 g/mol. The molecule has 5 rings (SSSR count). The zero-order valence-corrected chi connectivity index (χ0v) is 17.4. The number of para-hydroxylation sites is 2. The van der Waals surface area contributed by atoms with Crippen molar-refractivity contribution in [1.29, 1.82) is 0 Å². The van der Waals surface area contributed by atoms with Crippen molar-refractivity contribution in [3.05, 3.63) is 86.9 Å². The third-order valence-corrected chi connectivity index (χ3v) is 5.80. The number of rotatable bonds is 3. The smallest absolute Gasteiger partial charge is 0.269 e. The van der Waals surface area contributed by atoms with Crippen LogP contribution in [0.2, 0.25) is 0 Å². The summed E-state index contributed by atoms with van der Waals surface area (Å²) in [5, 5.41) is 11.0. The van der Waals surface area contributed by atoms with Crippen LogP contribution in [-0.4, -0.2) is 24.4 Å². The Kier molecular flexibility index (Phi) is 4.29. The summed E-state index contributed by atoms with van der Waals surface area (Å²) in [5.41, 5.74) is 5.40. The summed E-state index contributed by atoms with van der Waals surface area (Å²) in [6.07, 6.45) is 0. The van der Waals surface area contributed by atoms with Crippen LogP contribution in [0, 0.1) is 17.0 Å². The third kappa shape index (κ3) is 3.02. The highest BCUT2D eigenvalue weighted by Crippen LogP contribution is 2.30. The first-order chi connectivity index (χ1) is 14.5. The van der Waals surface area contributed by atoms with Crippen LogP contribution in [0.1, 0.15) is 5.56 Å². The topological polar surface area (TPSA) is 86.7 Å². The van der Waals surface area contributed by atoms with Crippen molar-refractivity contribution in [1.82, 2.24) is 19.5 Å². The number of aromatic nitrogens is 4. The average molecular weight is 460 g/mol. The van der Waals surface area contributed by atoms with Gasteiger partial charge in [-0.15, -0.1) is 0 Å². The molecule has 0 aliphatic rings. The second-order valence-electron chi connectivity index (χ2n) is 6.87. The molecule has 3 aromatic carbocycles. The van der Waals surface area contributed by atoms with Crippen LogP contribution in [0.25, 0.3) is 39.4 Å². The molecule has 0 fully saturated rings. The third-order valence-electron chi connectivity index (χ3n) is 4.91. The highest BCUT2D eigenvalue weighted by atomic mass is 79.9. The minimum Gasteiger partial charge on any atom is -0.275 e. The van der Waals surface area contributed by atoms with Crippen molar-refractivity contribution >= 4 is 43.9 Å². The maximum Gasteiger partial charge on any atom is 0.269 e. The second-order valence-corrected chi connectivity index (χ2v) is 7.72. The normalized spacial score (nSPS) is 11.3. The van der Waals surface area contributed by atoms with Crippen molar-refractivity contribution < 1.29 is 4.92 Å². The molecule has 0 aliphatic carbocycles. The molecule has 8 heteroatoms. The molecule has 0 saturated carbocycles. The van der Waals surface area contributed by atoms with Crippen molar-refractivity contribution in [2.24, 2.45) is 0 Å². The minimum atomic E-state index is -0.416. The van der Waals surface area contributed by atoms with Crippen LogP contribution in [0.3, 0.4) is 0 Å². The van der Waals surface area contributed by atoms with Crippen LogP contribution in [0.5, 0.6) is 0 Å². The van der Waals surface area contributed by atoms with Gasteiger partial charge >= 0.3 is 0 Å². The Bertz CT molecular complexity index is 1440. The Morgan fingerprint density at radius 1 is 0.933 bits per heavy atom. The molecule has 0 unspecified atom stereocenters. The van der Waals surface area contributed by atoms with E-state index in [1.165, 1.54) is 12.1 Å². The number of fused-ring (bicyclic) bond motifs is 2. The summed E-state index contributed by atoms with van der Waals surface area (Å²) in [7, 11) is 0. The molecule has 7 nitrogen and oxygen atoms in total. The molecular formula is C22H14BrN5O2. The van der Waals surface area contributed by atoms with Gasteiger partial charge in [0.1, 0.15) is 5.82 Å². The van der Waals surface area contributed by atoms with Gasteiger partial charge in [0.05, 0.1) is 16.0 Å². The number of nitro groups is 1. The molecule has 0 N–H and O–H groups in total. The zero-order valence-electron chi connectivity index (χ0n) is 15.8. The van der Waals surface area contributed by atoms with Gasteiger partial charge in [0.25, 0.3) is 5.69 Å². The quantitative estimate of drug-likeness (QED) is 0.258. The van der Waals surface area contributed by atoms with E-state index in [0.29, 0.717) is 17.1 Å². The molecule has 0 atom stereocenters. The Hall–Kier alpha value is -3.65. The van der Waals surface area contributed by atoms with E-state index in [-0.39, 0.29) is 5.69 Å². The van der Waals surface area contributed by atoms with Gasteiger partial charge in [0, 0.05) is 27.9 Å². The molecule has 0 saturated heterocycles. The van der Waals surface area contributed by atoms with E-state index >= 15 is 0 Å². The van der Waals surface area contributed by atoms with Gasteiger partial charge in [-0.25, -0.2) is 15.0 Å². The molecule has 0 spiro atoms. The van der Waals surface area contributed by atoms with Crippen molar-refractivity contribution in [3.63, 3.8) is 0 Å². The van der Waals surface area contributed by atoms with Gasteiger partial charge in [-0.05, 0) is 55.0 Å². The Morgan fingerprint density at radius 3 is 2.30 bits per heavy atom. The number of non-ortho nitro benzene ring substituents is 1. The number of nitrogens with zero attached hydrogens (tertiary/aromatic N) is 5. The number of benzene rings is 3. The van der Waals surface area contributed by atoms with Crippen molar-refractivity contribution in [3.8, 4) is 17.1 Å². The Balaban J connectivity index is 1.82. The largest absolute Gasteiger partial charge is 0.275 e. The van der Waals surface area contributed by atoms with E-state index in [1.807, 2.05) is 54.0 Å². The fraction of sp³-hybridized carbons (Fsp3) is 0.0455. The van der Waals surface area contributed by atoms with Gasteiger partial charge in [-0.2, -0.15) is 0 Å². The van der Waals surface area contributed by atoms with E-state index in [0.717, 1.165) is 32.3 Å². The minimum absolute atomic E-state index is 0.0304. The number of imidazole rings is 1. The first-order valence-corrected chi connectivity index (χ1v) is 9.97. The number of nitro benzene ring substituents is 1. The zero-order chi connectivity index (χ0) is 20.8. The lowest BCUT2D eigenvalue weighted by Crippen LogP contribution is -2.00. The highest BCUT2D eigenvalue weighted by Gasteiger charge is 2.18. The fourth-order valence-corrected chi connectivity index (χ4v) is 3.64. The van der Waals surface area contributed by atoms with Crippen LogP contribution in [-0.2, 0) is 0 Å². The maximum atomic E-state index is 11.0. The van der Waals surface area contributed by atoms with Crippen LogP contribution in [0.4, 0.5) is 5.69 Å². The van der Waals surface area contributed by atoms with Crippen molar-refractivity contribution in [2.45, 2.75) is 6.92 Å². The lowest BCUT2D eigenvalue weighted by molar-refractivity contribution is -0.384. The maximum absolute atomic E-state index is 11.0. The molecule has 2 heterocycles. The lowest BCUT2D eigenvalue weighted by atomic mass is 10.1. The lowest BCUT2D eigenvalue weighted by Gasteiger charge is -2.10. The summed E-state index contributed by atoms with van der Waals surface area (Å²) in [5.74, 6) is 0.622. The van der Waals surface area contributed by atoms with Crippen LogP contribution < -0.4 is 0 Å². The fourth-order valence-electron chi connectivity index (χ4n) is 3.40. The molecule has 0 amide bonds. The van der Waals surface area contributed by atoms with Gasteiger partial charge in [0.15, 0.2) is 11.3 Å². The second kappa shape index (κ2) is 7.00. The molecule has 30 heavy (non-hydrogen) atoms. The number of hydrogen-bond acceptors (Lipinski definition) is 5. The van der Waals surface area contributed by atoms with Gasteiger partial charge in [-0.3, -0.25) is 14.7 Å². The summed E-state index contributed by atoms with van der Waals surface area (Å²) >= 11 is 3.54. The van der Waals surface area contributed by atoms with E-state index in [1.54, 1.807) is 12.1 Å². The first kappa shape index (κ1) is 18.4. The molecule has 0 radical (unpaired) electrons. The van der Waals surface area contributed by atoms with Crippen LogP contribution >= 0.6 is 15.9 Å². The Labute approximate surface area is 179 Å². The average Bonchev–Trinajstić information content (AvgIpc) is 3.12. The summed E-state index contributed by atoms with van der Waals surface area (Å²) in [4.78, 5) is 24.9. The predicted molar refractivity (Wildman–Crippen MR) is 119 cm³/mol. The molecule has 0 bridgehead atoms. The highest BCUT2D eigenvalue weighted by molar-refractivity contribution is 9.10. The van der Waals surface area contributed by atoms with E-state index in [4.69, 9.17) is 9.97 Å².